The summed E-state index contributed by atoms with van der Waals surface area (Å²) >= 11 is 1.48. The quantitative estimate of drug-likeness (QED) is 0.589. The van der Waals surface area contributed by atoms with Gasteiger partial charge in [0.05, 0.1) is 22.2 Å². The van der Waals surface area contributed by atoms with Crippen LogP contribution in [0.3, 0.4) is 0 Å². The van der Waals surface area contributed by atoms with Gasteiger partial charge < -0.3 is 4.90 Å². The molecule has 0 N–H and O–H groups in total. The number of halogens is 2. The topological polar surface area (TPSA) is 53.0 Å². The van der Waals surface area contributed by atoms with Gasteiger partial charge in [-0.2, -0.15) is 5.10 Å². The lowest BCUT2D eigenvalue weighted by atomic mass is 10.0. The first kappa shape index (κ1) is 20.9. The van der Waals surface area contributed by atoms with Crippen LogP contribution in [-0.2, 0) is 4.79 Å². The third-order valence-electron chi connectivity index (χ3n) is 5.06. The minimum Gasteiger partial charge on any atom is -0.332 e. The Labute approximate surface area is 182 Å². The lowest BCUT2D eigenvalue weighted by Gasteiger charge is -2.25. The summed E-state index contributed by atoms with van der Waals surface area (Å²) in [5.41, 5.74) is 0.918. The average Bonchev–Trinajstić information content (AvgIpc) is 3.44. The molecule has 5 nitrogen and oxygen atoms in total. The molecule has 0 fully saturated rings. The van der Waals surface area contributed by atoms with Gasteiger partial charge in [-0.1, -0.05) is 36.4 Å². The molecule has 31 heavy (non-hydrogen) atoms. The first-order chi connectivity index (χ1) is 15.0. The summed E-state index contributed by atoms with van der Waals surface area (Å²) in [5, 5.41) is 7.60. The summed E-state index contributed by atoms with van der Waals surface area (Å²) in [5.74, 6) is -2.18. The summed E-state index contributed by atoms with van der Waals surface area (Å²) in [6, 6.07) is 15.0. The van der Waals surface area contributed by atoms with Gasteiger partial charge in [-0.3, -0.25) is 9.59 Å². The van der Waals surface area contributed by atoms with E-state index in [1.807, 2.05) is 17.5 Å². The molecule has 1 atom stereocenters. The predicted octanol–water partition coefficient (Wildman–Crippen LogP) is 4.48. The Morgan fingerprint density at radius 2 is 1.77 bits per heavy atom. The standard InChI is InChI=1S/C23H19F2N3O2S/c1-27(23(30)16-8-3-5-10-18(16)25)14-22(29)28-20(15-7-2-4-9-17(15)24)13-19(26-28)21-11-6-12-31-21/h2-12,20H,13-14H2,1H3. The Morgan fingerprint density at radius 3 is 2.45 bits per heavy atom. The van der Waals surface area contributed by atoms with Crippen molar-refractivity contribution in [3.05, 3.63) is 93.7 Å². The highest BCUT2D eigenvalue weighted by Gasteiger charge is 2.35. The van der Waals surface area contributed by atoms with Crippen molar-refractivity contribution in [1.29, 1.82) is 0 Å². The highest BCUT2D eigenvalue weighted by atomic mass is 32.1. The number of hydrogen-bond acceptors (Lipinski definition) is 4. The van der Waals surface area contributed by atoms with Gasteiger partial charge >= 0.3 is 0 Å². The summed E-state index contributed by atoms with van der Waals surface area (Å²) < 4.78 is 28.5. The minimum atomic E-state index is -0.657. The van der Waals surface area contributed by atoms with E-state index in [1.165, 1.54) is 47.7 Å². The number of thiophene rings is 1. The molecule has 0 spiro atoms. The summed E-state index contributed by atoms with van der Waals surface area (Å²) in [6.07, 6.45) is 0.359. The van der Waals surface area contributed by atoms with Crippen LogP contribution in [0.4, 0.5) is 8.78 Å². The van der Waals surface area contributed by atoms with E-state index >= 15 is 0 Å². The van der Waals surface area contributed by atoms with Crippen LogP contribution in [0.25, 0.3) is 0 Å². The van der Waals surface area contributed by atoms with Crippen molar-refractivity contribution in [3.63, 3.8) is 0 Å². The van der Waals surface area contributed by atoms with E-state index in [1.54, 1.807) is 24.3 Å². The van der Waals surface area contributed by atoms with Crippen molar-refractivity contribution in [2.75, 3.05) is 13.6 Å². The van der Waals surface area contributed by atoms with Crippen LogP contribution in [0.2, 0.25) is 0 Å². The third-order valence-corrected chi connectivity index (χ3v) is 5.98. The zero-order chi connectivity index (χ0) is 22.0. The number of hydrazone groups is 1. The predicted molar refractivity (Wildman–Crippen MR) is 115 cm³/mol. The molecule has 158 valence electrons. The Kier molecular flexibility index (Phi) is 5.90. The maximum atomic E-state index is 14.5. The van der Waals surface area contributed by atoms with E-state index < -0.39 is 29.5 Å². The number of rotatable bonds is 5. The Balaban J connectivity index is 1.59. The molecule has 2 aromatic carbocycles. The number of hydrogen-bond donors (Lipinski definition) is 0. The van der Waals surface area contributed by atoms with E-state index in [2.05, 4.69) is 5.10 Å². The van der Waals surface area contributed by atoms with Crippen molar-refractivity contribution < 1.29 is 18.4 Å². The van der Waals surface area contributed by atoms with Gasteiger partial charge in [0.2, 0.25) is 0 Å². The monoisotopic (exact) mass is 439 g/mol. The Morgan fingerprint density at radius 1 is 1.06 bits per heavy atom. The summed E-state index contributed by atoms with van der Waals surface area (Å²) in [4.78, 5) is 27.7. The molecule has 1 unspecified atom stereocenters. The second kappa shape index (κ2) is 8.77. The van der Waals surface area contributed by atoms with E-state index in [0.29, 0.717) is 17.7 Å². The summed E-state index contributed by atoms with van der Waals surface area (Å²) in [6.45, 7) is -0.320. The zero-order valence-electron chi connectivity index (χ0n) is 16.7. The second-order valence-corrected chi connectivity index (χ2v) is 8.09. The number of benzene rings is 2. The molecular formula is C23H19F2N3O2S. The molecule has 1 aromatic heterocycles. The van der Waals surface area contributed by atoms with E-state index in [4.69, 9.17) is 0 Å². The number of nitrogens with zero attached hydrogens (tertiary/aromatic N) is 3. The fourth-order valence-electron chi connectivity index (χ4n) is 3.51. The first-order valence-electron chi connectivity index (χ1n) is 9.63. The third kappa shape index (κ3) is 4.25. The van der Waals surface area contributed by atoms with Gasteiger partial charge in [-0.05, 0) is 29.6 Å². The Hall–Kier alpha value is -3.39. The zero-order valence-corrected chi connectivity index (χ0v) is 17.5. The SMILES string of the molecule is CN(CC(=O)N1N=C(c2cccs2)CC1c1ccccc1F)C(=O)c1ccccc1F. The van der Waals surface area contributed by atoms with Crippen LogP contribution in [0.5, 0.6) is 0 Å². The molecule has 1 aliphatic heterocycles. The van der Waals surface area contributed by atoms with Gasteiger partial charge in [-0.15, -0.1) is 11.3 Å². The number of amides is 2. The molecular weight excluding hydrogens is 420 g/mol. The molecule has 0 radical (unpaired) electrons. The molecule has 2 heterocycles. The Bertz CT molecular complexity index is 1150. The van der Waals surface area contributed by atoms with Crippen LogP contribution in [-0.4, -0.2) is 41.0 Å². The van der Waals surface area contributed by atoms with E-state index in [0.717, 1.165) is 9.78 Å². The van der Waals surface area contributed by atoms with Crippen LogP contribution >= 0.6 is 11.3 Å². The molecule has 0 saturated carbocycles. The number of likely N-dealkylation sites (N-methyl/N-ethyl adjacent to an activating group) is 1. The molecule has 0 saturated heterocycles. The molecule has 2 amide bonds. The molecule has 1 aliphatic rings. The largest absolute Gasteiger partial charge is 0.332 e. The lowest BCUT2D eigenvalue weighted by Crippen LogP contribution is -2.39. The van der Waals surface area contributed by atoms with Gasteiger partial charge in [0, 0.05) is 19.0 Å². The first-order valence-corrected chi connectivity index (χ1v) is 10.5. The van der Waals surface area contributed by atoms with E-state index in [9.17, 15) is 18.4 Å². The normalized spacial score (nSPS) is 15.6. The minimum absolute atomic E-state index is 0.118. The van der Waals surface area contributed by atoms with Crippen molar-refractivity contribution in [2.24, 2.45) is 5.10 Å². The van der Waals surface area contributed by atoms with Gasteiger partial charge in [-0.25, -0.2) is 13.8 Å². The van der Waals surface area contributed by atoms with Crippen molar-refractivity contribution in [3.8, 4) is 0 Å². The van der Waals surface area contributed by atoms with Crippen LogP contribution in [0.1, 0.15) is 33.3 Å². The van der Waals surface area contributed by atoms with Gasteiger partial charge in [0.25, 0.3) is 11.8 Å². The molecule has 8 heteroatoms. The maximum Gasteiger partial charge on any atom is 0.262 e. The van der Waals surface area contributed by atoms with Crippen LogP contribution < -0.4 is 0 Å². The number of carbonyl (C=O) groups is 2. The fourth-order valence-corrected chi connectivity index (χ4v) is 4.23. The maximum absolute atomic E-state index is 14.5. The smallest absolute Gasteiger partial charge is 0.262 e. The number of carbonyl (C=O) groups excluding carboxylic acids is 2. The average molecular weight is 439 g/mol. The van der Waals surface area contributed by atoms with Gasteiger partial charge in [0.15, 0.2) is 0 Å². The van der Waals surface area contributed by atoms with Crippen molar-refractivity contribution in [1.82, 2.24) is 9.91 Å². The van der Waals surface area contributed by atoms with Crippen molar-refractivity contribution >= 4 is 28.9 Å². The molecule has 4 rings (SSSR count). The van der Waals surface area contributed by atoms with Crippen molar-refractivity contribution in [2.45, 2.75) is 12.5 Å². The van der Waals surface area contributed by atoms with Crippen LogP contribution in [0, 0.1) is 11.6 Å². The molecule has 0 aliphatic carbocycles. The highest BCUT2D eigenvalue weighted by Crippen LogP contribution is 2.35. The van der Waals surface area contributed by atoms with E-state index in [-0.39, 0.29) is 12.1 Å². The second-order valence-electron chi connectivity index (χ2n) is 7.14. The summed E-state index contributed by atoms with van der Waals surface area (Å²) in [7, 11) is 1.42. The molecule has 3 aromatic rings. The molecule has 0 bridgehead atoms. The highest BCUT2D eigenvalue weighted by molar-refractivity contribution is 7.12. The fraction of sp³-hybridized carbons (Fsp3) is 0.174. The van der Waals surface area contributed by atoms with Gasteiger partial charge in [0.1, 0.15) is 18.2 Å². The van der Waals surface area contributed by atoms with Crippen LogP contribution in [0.15, 0.2) is 71.1 Å². The lowest BCUT2D eigenvalue weighted by molar-refractivity contribution is -0.133.